The molecule has 0 bridgehead atoms. The van der Waals surface area contributed by atoms with Gasteiger partial charge in [0.05, 0.1) is 25.1 Å². The number of carboxylic acid groups (broad SMARTS) is 1. The Labute approximate surface area is 304 Å². The average molecular weight is 734 g/mol. The van der Waals surface area contributed by atoms with E-state index in [0.717, 1.165) is 32.0 Å². The van der Waals surface area contributed by atoms with Gasteiger partial charge in [-0.3, -0.25) is 24.0 Å². The second-order valence-electron chi connectivity index (χ2n) is 12.2. The topological polar surface area (TPSA) is 285 Å². The maximum Gasteiger partial charge on any atom is 0.336 e. The second-order valence-corrected chi connectivity index (χ2v) is 12.2. The first-order chi connectivity index (χ1) is 25.4. The Morgan fingerprint density at radius 2 is 1.36 bits per heavy atom. The number of primary amides is 1. The Bertz CT molecular complexity index is 1800. The summed E-state index contributed by atoms with van der Waals surface area (Å²) in [6, 6.07) is 11.2. The van der Waals surface area contributed by atoms with Crippen LogP contribution in [0.1, 0.15) is 69.0 Å². The minimum absolute atomic E-state index is 0.0958. The third-order valence-corrected chi connectivity index (χ3v) is 8.25. The van der Waals surface area contributed by atoms with Gasteiger partial charge in [0.1, 0.15) is 29.0 Å². The van der Waals surface area contributed by atoms with Crippen molar-refractivity contribution in [2.45, 2.75) is 37.6 Å². The van der Waals surface area contributed by atoms with Crippen molar-refractivity contribution in [1.29, 1.82) is 0 Å². The van der Waals surface area contributed by atoms with Crippen molar-refractivity contribution in [3.8, 4) is 23.0 Å². The van der Waals surface area contributed by atoms with Crippen molar-refractivity contribution in [2.24, 2.45) is 11.5 Å². The van der Waals surface area contributed by atoms with E-state index >= 15 is 0 Å². The number of fused-ring (bicyclic) bond motifs is 2. The smallest absolute Gasteiger partial charge is 0.336 e. The number of hydrogen-bond donors (Lipinski definition) is 10. The summed E-state index contributed by atoms with van der Waals surface area (Å²) >= 11 is 0. The predicted octanol–water partition coefficient (Wildman–Crippen LogP) is 0.123. The van der Waals surface area contributed by atoms with Gasteiger partial charge in [0.25, 0.3) is 5.91 Å². The highest BCUT2D eigenvalue weighted by atomic mass is 16.5. The Morgan fingerprint density at radius 1 is 0.736 bits per heavy atom. The van der Waals surface area contributed by atoms with Gasteiger partial charge < -0.3 is 58.1 Å². The minimum Gasteiger partial charge on any atom is -0.508 e. The molecule has 17 heteroatoms. The van der Waals surface area contributed by atoms with E-state index in [2.05, 4.69) is 26.6 Å². The summed E-state index contributed by atoms with van der Waals surface area (Å²) in [5, 5.41) is 43.4. The molecule has 0 aliphatic carbocycles. The van der Waals surface area contributed by atoms with E-state index in [1.807, 2.05) is 0 Å². The maximum absolute atomic E-state index is 13.6. The van der Waals surface area contributed by atoms with Crippen LogP contribution in [0.5, 0.6) is 23.0 Å². The molecule has 1 heterocycles. The number of phenols is 2. The molecule has 282 valence electrons. The number of benzene rings is 3. The Morgan fingerprint density at radius 3 is 1.98 bits per heavy atom. The maximum atomic E-state index is 13.6. The molecule has 0 saturated heterocycles. The quantitative estimate of drug-likeness (QED) is 0.0576. The van der Waals surface area contributed by atoms with E-state index in [4.69, 9.17) is 16.2 Å². The highest BCUT2D eigenvalue weighted by Gasteiger charge is 2.33. The van der Waals surface area contributed by atoms with Crippen LogP contribution in [0.2, 0.25) is 0 Å². The SMILES string of the molecule is NCCCNCCCCNC(=O)CC(NC(=O)c1ccc(C2c3ccc(O)cc3Oc3cc(O)ccc32)c(C(=O)O)c1)C(=O)NCC(=O)NCC(N)=O. The molecule has 3 aromatic rings. The number of nitrogens with one attached hydrogen (secondary N) is 5. The van der Waals surface area contributed by atoms with Gasteiger partial charge >= 0.3 is 5.97 Å². The van der Waals surface area contributed by atoms with E-state index in [1.165, 1.54) is 36.4 Å². The molecule has 4 rings (SSSR count). The molecule has 0 aromatic heterocycles. The van der Waals surface area contributed by atoms with Gasteiger partial charge in [-0.25, -0.2) is 4.79 Å². The molecule has 0 saturated carbocycles. The fourth-order valence-corrected chi connectivity index (χ4v) is 5.66. The number of unbranched alkanes of at least 4 members (excludes halogenated alkanes) is 1. The van der Waals surface area contributed by atoms with Crippen LogP contribution in [0.25, 0.3) is 0 Å². The van der Waals surface area contributed by atoms with Gasteiger partial charge in [0.2, 0.25) is 23.6 Å². The van der Waals surface area contributed by atoms with E-state index in [0.29, 0.717) is 30.6 Å². The van der Waals surface area contributed by atoms with Crippen LogP contribution >= 0.6 is 0 Å². The number of phenolic OH excluding ortho intramolecular Hbond substituents is 2. The number of hydrogen-bond acceptors (Lipinski definition) is 11. The summed E-state index contributed by atoms with van der Waals surface area (Å²) in [5.74, 6) is -5.70. The molecule has 12 N–H and O–H groups in total. The third-order valence-electron chi connectivity index (χ3n) is 8.25. The fourth-order valence-electron chi connectivity index (χ4n) is 5.66. The molecule has 0 fully saturated rings. The van der Waals surface area contributed by atoms with Gasteiger partial charge in [0, 0.05) is 41.3 Å². The number of nitrogens with two attached hydrogens (primary N) is 2. The standard InChI is InChI=1S/C36H43N7O10/c37-10-3-12-39-11-1-2-13-40-31(47)17-27(35(50)42-19-32(48)41-18-30(38)46)43-34(49)20-4-7-23(26(14-20)36(51)52)33-24-8-5-21(44)15-28(24)53-29-16-22(45)6-9-25(29)33/h4-9,14-16,27,33,39,44-45H,1-3,10-13,17-19,37H2,(H2,38,46)(H,40,47)(H,41,48)(H,42,50)(H,43,49)(H,51,52). The normalized spacial score (nSPS) is 12.3. The minimum atomic E-state index is -1.48. The van der Waals surface area contributed by atoms with Crippen LogP contribution in [0.15, 0.2) is 54.6 Å². The molecular formula is C36H43N7O10. The number of amides is 5. The lowest BCUT2D eigenvalue weighted by Gasteiger charge is -2.29. The Balaban J connectivity index is 1.54. The number of aromatic carboxylic acids is 1. The summed E-state index contributed by atoms with van der Waals surface area (Å²) in [6.45, 7) is 1.35. The number of aromatic hydroxyl groups is 2. The van der Waals surface area contributed by atoms with Gasteiger partial charge in [0.15, 0.2) is 0 Å². The van der Waals surface area contributed by atoms with E-state index in [1.54, 1.807) is 12.1 Å². The van der Waals surface area contributed by atoms with Crippen LogP contribution in [-0.4, -0.2) is 96.1 Å². The molecule has 0 radical (unpaired) electrons. The molecule has 53 heavy (non-hydrogen) atoms. The van der Waals surface area contributed by atoms with Crippen LogP contribution in [0.4, 0.5) is 0 Å². The summed E-state index contributed by atoms with van der Waals surface area (Å²) in [6.07, 6.45) is 1.75. The molecule has 17 nitrogen and oxygen atoms in total. The monoisotopic (exact) mass is 733 g/mol. The lowest BCUT2D eigenvalue weighted by atomic mass is 9.80. The molecule has 0 spiro atoms. The molecule has 1 aliphatic rings. The summed E-state index contributed by atoms with van der Waals surface area (Å²) < 4.78 is 5.91. The van der Waals surface area contributed by atoms with Gasteiger partial charge in [-0.2, -0.15) is 0 Å². The highest BCUT2D eigenvalue weighted by Crippen LogP contribution is 2.49. The number of ether oxygens (including phenoxy) is 1. The fraction of sp³-hybridized carbons (Fsp3) is 0.333. The highest BCUT2D eigenvalue weighted by molar-refractivity contribution is 6.01. The van der Waals surface area contributed by atoms with E-state index in [9.17, 15) is 44.1 Å². The number of rotatable bonds is 19. The zero-order valence-electron chi connectivity index (χ0n) is 28.8. The molecule has 1 atom stereocenters. The number of carboxylic acids is 1. The van der Waals surface area contributed by atoms with Crippen LogP contribution in [-0.2, 0) is 19.2 Å². The second kappa shape index (κ2) is 18.9. The molecule has 1 unspecified atom stereocenters. The van der Waals surface area contributed by atoms with Crippen LogP contribution in [0.3, 0.4) is 0 Å². The first-order valence-corrected chi connectivity index (χ1v) is 16.9. The number of carbonyl (C=O) groups excluding carboxylic acids is 5. The zero-order valence-corrected chi connectivity index (χ0v) is 28.8. The summed E-state index contributed by atoms with van der Waals surface area (Å²) in [4.78, 5) is 75.3. The molecular weight excluding hydrogens is 690 g/mol. The van der Waals surface area contributed by atoms with Crippen molar-refractivity contribution in [3.05, 3.63) is 82.4 Å². The Hall–Kier alpha value is -6.20. The van der Waals surface area contributed by atoms with Gasteiger partial charge in [-0.05, 0) is 68.7 Å². The van der Waals surface area contributed by atoms with Gasteiger partial charge in [-0.15, -0.1) is 0 Å². The molecule has 5 amide bonds. The predicted molar refractivity (Wildman–Crippen MR) is 191 cm³/mol. The summed E-state index contributed by atoms with van der Waals surface area (Å²) in [5.41, 5.74) is 11.4. The first kappa shape index (κ1) is 39.6. The zero-order chi connectivity index (χ0) is 38.5. The molecule has 1 aliphatic heterocycles. The lowest BCUT2D eigenvalue weighted by molar-refractivity contribution is -0.130. The third kappa shape index (κ3) is 11.1. The van der Waals surface area contributed by atoms with Crippen molar-refractivity contribution >= 4 is 35.5 Å². The Kier molecular flexibility index (Phi) is 14.1. The van der Waals surface area contributed by atoms with Crippen molar-refractivity contribution in [3.63, 3.8) is 0 Å². The number of carbonyl (C=O) groups is 6. The largest absolute Gasteiger partial charge is 0.508 e. The van der Waals surface area contributed by atoms with Crippen LogP contribution < -0.4 is 42.8 Å². The lowest BCUT2D eigenvalue weighted by Crippen LogP contribution is -2.51. The average Bonchev–Trinajstić information content (AvgIpc) is 3.12. The van der Waals surface area contributed by atoms with Crippen molar-refractivity contribution < 1.29 is 48.8 Å². The van der Waals surface area contributed by atoms with E-state index < -0.39 is 67.0 Å². The summed E-state index contributed by atoms with van der Waals surface area (Å²) in [7, 11) is 0. The van der Waals surface area contributed by atoms with Crippen molar-refractivity contribution in [2.75, 3.05) is 39.3 Å². The molecule has 3 aromatic carbocycles. The van der Waals surface area contributed by atoms with E-state index in [-0.39, 0.29) is 39.7 Å². The van der Waals surface area contributed by atoms with Crippen LogP contribution in [0, 0.1) is 0 Å². The van der Waals surface area contributed by atoms with Crippen molar-refractivity contribution in [1.82, 2.24) is 26.6 Å². The van der Waals surface area contributed by atoms with Gasteiger partial charge in [-0.1, -0.05) is 18.2 Å². The first-order valence-electron chi connectivity index (χ1n) is 16.9.